The summed E-state index contributed by atoms with van der Waals surface area (Å²) in [6.45, 7) is 0.178. The maximum atomic E-state index is 12.4. The monoisotopic (exact) mass is 310 g/mol. The predicted octanol–water partition coefficient (Wildman–Crippen LogP) is 1.74. The van der Waals surface area contributed by atoms with E-state index in [2.05, 4.69) is 15.0 Å². The van der Waals surface area contributed by atoms with Gasteiger partial charge < -0.3 is 4.98 Å². The van der Waals surface area contributed by atoms with E-state index in [1.54, 1.807) is 24.3 Å². The molecule has 0 saturated carbocycles. The van der Waals surface area contributed by atoms with Crippen LogP contribution in [0.1, 0.15) is 5.82 Å². The Bertz CT molecular complexity index is 1110. The molecule has 0 spiro atoms. The summed E-state index contributed by atoms with van der Waals surface area (Å²) in [6.07, 6.45) is 1.48. The molecule has 3 heterocycles. The minimum atomic E-state index is -0.210. The van der Waals surface area contributed by atoms with Gasteiger partial charge in [-0.3, -0.25) is 14.2 Å². The summed E-state index contributed by atoms with van der Waals surface area (Å²) in [4.78, 5) is 36.5. The van der Waals surface area contributed by atoms with E-state index >= 15 is 0 Å². The third kappa shape index (κ3) is 2.03. The average Bonchev–Trinajstić information content (AvgIpc) is 3.00. The number of aromatic amines is 1. The highest BCUT2D eigenvalue weighted by atomic mass is 32.1. The summed E-state index contributed by atoms with van der Waals surface area (Å²) < 4.78 is 1.45. The van der Waals surface area contributed by atoms with Crippen LogP contribution >= 0.6 is 11.3 Å². The minimum absolute atomic E-state index is 0.137. The van der Waals surface area contributed by atoms with Crippen molar-refractivity contribution in [1.29, 1.82) is 0 Å². The lowest BCUT2D eigenvalue weighted by molar-refractivity contribution is 0.708. The van der Waals surface area contributed by atoms with Crippen LogP contribution in [0.5, 0.6) is 0 Å². The summed E-state index contributed by atoms with van der Waals surface area (Å²) in [5.74, 6) is 0.433. The molecule has 0 aliphatic heterocycles. The van der Waals surface area contributed by atoms with Gasteiger partial charge in [0.05, 0.1) is 29.2 Å². The maximum Gasteiger partial charge on any atom is 0.262 e. The number of hydrogen-bond acceptors (Lipinski definition) is 5. The third-order valence-corrected chi connectivity index (χ3v) is 4.25. The Hall–Kier alpha value is -2.80. The van der Waals surface area contributed by atoms with Crippen LogP contribution in [0.25, 0.3) is 21.1 Å². The summed E-state index contributed by atoms with van der Waals surface area (Å²) in [7, 11) is 0. The van der Waals surface area contributed by atoms with Crippen LogP contribution in [0, 0.1) is 0 Å². The van der Waals surface area contributed by atoms with Crippen LogP contribution in [0.15, 0.2) is 51.6 Å². The second kappa shape index (κ2) is 4.88. The molecule has 7 heteroatoms. The molecule has 0 radical (unpaired) electrons. The van der Waals surface area contributed by atoms with E-state index in [-0.39, 0.29) is 17.7 Å². The van der Waals surface area contributed by atoms with Crippen molar-refractivity contribution < 1.29 is 0 Å². The fraction of sp³-hybridized carbons (Fsp3) is 0.0667. The molecule has 1 N–H and O–H groups in total. The van der Waals surface area contributed by atoms with Gasteiger partial charge in [0.1, 0.15) is 10.7 Å². The molecule has 6 nitrogen and oxygen atoms in total. The number of fused-ring (bicyclic) bond motifs is 2. The topological polar surface area (TPSA) is 80.6 Å². The molecule has 3 aromatic heterocycles. The first-order valence-electron chi connectivity index (χ1n) is 6.63. The number of nitrogens with zero attached hydrogens (tertiary/aromatic N) is 3. The molecule has 0 fully saturated rings. The van der Waals surface area contributed by atoms with Crippen molar-refractivity contribution in [2.75, 3.05) is 0 Å². The highest BCUT2D eigenvalue weighted by Gasteiger charge is 2.08. The Balaban J connectivity index is 1.84. The van der Waals surface area contributed by atoms with Gasteiger partial charge in [-0.1, -0.05) is 12.1 Å². The Labute approximate surface area is 127 Å². The molecule has 22 heavy (non-hydrogen) atoms. The molecule has 0 saturated heterocycles. The van der Waals surface area contributed by atoms with Crippen LogP contribution in [-0.2, 0) is 6.54 Å². The Morgan fingerprint density at radius 3 is 2.91 bits per heavy atom. The molecule has 0 aliphatic rings. The van der Waals surface area contributed by atoms with Crippen molar-refractivity contribution in [3.05, 3.63) is 68.6 Å². The van der Waals surface area contributed by atoms with Crippen molar-refractivity contribution in [3.8, 4) is 0 Å². The fourth-order valence-corrected chi connectivity index (χ4v) is 3.10. The van der Waals surface area contributed by atoms with Crippen molar-refractivity contribution in [1.82, 2.24) is 19.5 Å². The third-order valence-electron chi connectivity index (χ3n) is 3.43. The van der Waals surface area contributed by atoms with Crippen LogP contribution in [0.2, 0.25) is 0 Å². The van der Waals surface area contributed by atoms with Crippen molar-refractivity contribution >= 4 is 32.5 Å². The number of hydrogen-bond donors (Lipinski definition) is 1. The van der Waals surface area contributed by atoms with Crippen LogP contribution < -0.4 is 11.1 Å². The van der Waals surface area contributed by atoms with Gasteiger partial charge in [-0.2, -0.15) is 0 Å². The van der Waals surface area contributed by atoms with Gasteiger partial charge in [0.15, 0.2) is 0 Å². The van der Waals surface area contributed by atoms with Crippen LogP contribution in [-0.4, -0.2) is 19.5 Å². The van der Waals surface area contributed by atoms with Gasteiger partial charge in [0, 0.05) is 0 Å². The first kappa shape index (κ1) is 12.9. The molecule has 4 rings (SSSR count). The largest absolute Gasteiger partial charge is 0.308 e. The van der Waals surface area contributed by atoms with Gasteiger partial charge in [0.25, 0.3) is 11.1 Å². The number of H-pyrrole nitrogens is 1. The normalized spacial score (nSPS) is 11.3. The lowest BCUT2D eigenvalue weighted by Crippen LogP contribution is -2.23. The number of thiophene rings is 1. The summed E-state index contributed by atoms with van der Waals surface area (Å²) in [6, 6.07) is 8.86. The van der Waals surface area contributed by atoms with E-state index in [1.165, 1.54) is 22.2 Å². The van der Waals surface area contributed by atoms with Crippen molar-refractivity contribution in [2.24, 2.45) is 0 Å². The predicted molar refractivity (Wildman–Crippen MR) is 85.3 cm³/mol. The second-order valence-corrected chi connectivity index (χ2v) is 5.74. The van der Waals surface area contributed by atoms with Gasteiger partial charge in [0.2, 0.25) is 0 Å². The number of benzene rings is 1. The molecule has 0 unspecified atom stereocenters. The van der Waals surface area contributed by atoms with Crippen molar-refractivity contribution in [2.45, 2.75) is 6.54 Å². The lowest BCUT2D eigenvalue weighted by Gasteiger charge is -2.05. The first-order valence-corrected chi connectivity index (χ1v) is 7.51. The lowest BCUT2D eigenvalue weighted by atomic mass is 10.2. The molecule has 1 aromatic carbocycles. The first-order chi connectivity index (χ1) is 10.7. The van der Waals surface area contributed by atoms with Crippen LogP contribution in [0.4, 0.5) is 0 Å². The molecule has 0 amide bonds. The van der Waals surface area contributed by atoms with Gasteiger partial charge >= 0.3 is 0 Å². The van der Waals surface area contributed by atoms with E-state index in [1.807, 2.05) is 11.4 Å². The highest BCUT2D eigenvalue weighted by molar-refractivity contribution is 7.16. The molecule has 0 aliphatic carbocycles. The van der Waals surface area contributed by atoms with Crippen LogP contribution in [0.3, 0.4) is 0 Å². The molecular formula is C15H10N4O2S. The number of rotatable bonds is 2. The number of para-hydroxylation sites is 1. The zero-order chi connectivity index (χ0) is 15.1. The summed E-state index contributed by atoms with van der Waals surface area (Å²) in [5, 5.41) is 2.94. The molecular weight excluding hydrogens is 300 g/mol. The van der Waals surface area contributed by atoms with E-state index in [0.717, 1.165) is 0 Å². The summed E-state index contributed by atoms with van der Waals surface area (Å²) in [5.41, 5.74) is 0.263. The van der Waals surface area contributed by atoms with E-state index in [0.29, 0.717) is 26.9 Å². The summed E-state index contributed by atoms with van der Waals surface area (Å²) >= 11 is 1.42. The molecule has 0 atom stereocenters. The smallest absolute Gasteiger partial charge is 0.262 e. The zero-order valence-corrected chi connectivity index (χ0v) is 12.1. The van der Waals surface area contributed by atoms with E-state index in [4.69, 9.17) is 0 Å². The fourth-order valence-electron chi connectivity index (χ4n) is 2.38. The second-order valence-electron chi connectivity index (χ2n) is 4.85. The van der Waals surface area contributed by atoms with Gasteiger partial charge in [-0.05, 0) is 23.6 Å². The number of nitrogens with one attached hydrogen (secondary N) is 1. The standard InChI is InChI=1S/C15H10N4O2S/c20-13-9-3-1-2-4-11(9)17-12(18-13)7-19-8-16-14-10(15(19)21)5-6-22-14/h1-6,8H,7H2,(H,17,18,20). The average molecular weight is 310 g/mol. The quantitative estimate of drug-likeness (QED) is 0.611. The van der Waals surface area contributed by atoms with Gasteiger partial charge in [-0.25, -0.2) is 9.97 Å². The van der Waals surface area contributed by atoms with E-state index < -0.39 is 0 Å². The maximum absolute atomic E-state index is 12.4. The van der Waals surface area contributed by atoms with Gasteiger partial charge in [-0.15, -0.1) is 11.3 Å². The van der Waals surface area contributed by atoms with Crippen molar-refractivity contribution in [3.63, 3.8) is 0 Å². The highest BCUT2D eigenvalue weighted by Crippen LogP contribution is 2.13. The Morgan fingerprint density at radius 2 is 2.00 bits per heavy atom. The SMILES string of the molecule is O=c1[nH]c(Cn2cnc3sccc3c2=O)nc2ccccc12. The molecule has 108 valence electrons. The Morgan fingerprint density at radius 1 is 1.14 bits per heavy atom. The number of aromatic nitrogens is 4. The minimum Gasteiger partial charge on any atom is -0.308 e. The molecule has 4 aromatic rings. The Kier molecular flexibility index (Phi) is 2.87. The van der Waals surface area contributed by atoms with E-state index in [9.17, 15) is 9.59 Å². The molecule has 0 bridgehead atoms. The zero-order valence-electron chi connectivity index (χ0n) is 11.3.